The second-order valence-electron chi connectivity index (χ2n) is 11.7. The lowest BCUT2D eigenvalue weighted by Gasteiger charge is -2.26. The van der Waals surface area contributed by atoms with Crippen LogP contribution in [0.1, 0.15) is 129 Å². The molecule has 5 heteroatoms. The van der Waals surface area contributed by atoms with Crippen molar-refractivity contribution in [3.05, 3.63) is 57.2 Å². The molecule has 1 atom stereocenters. The SMILES string of the molecule is CCC(=O)Oc1c(C)c(C)c(OC(=O)CC)c(CC[C@](C)(O)CC/C=C(\C)CC/C=C(\C)CCC=C(C)C)c1C. The predicted octanol–water partition coefficient (Wildman–Crippen LogP) is 9.13. The Morgan fingerprint density at radius 2 is 1.20 bits per heavy atom. The van der Waals surface area contributed by atoms with Gasteiger partial charge in [0.05, 0.1) is 5.60 Å². The van der Waals surface area contributed by atoms with Crippen molar-refractivity contribution < 1.29 is 24.2 Å². The molecule has 40 heavy (non-hydrogen) atoms. The van der Waals surface area contributed by atoms with Gasteiger partial charge in [-0.15, -0.1) is 0 Å². The number of carbonyl (C=O) groups excluding carboxylic acids is 2. The molecule has 1 rings (SSSR count). The maximum absolute atomic E-state index is 12.2. The van der Waals surface area contributed by atoms with Crippen molar-refractivity contribution in [3.63, 3.8) is 0 Å². The lowest BCUT2D eigenvalue weighted by molar-refractivity contribution is -0.135. The van der Waals surface area contributed by atoms with Crippen molar-refractivity contribution in [1.82, 2.24) is 0 Å². The van der Waals surface area contributed by atoms with Gasteiger partial charge in [-0.05, 0) is 123 Å². The minimum Gasteiger partial charge on any atom is -0.426 e. The fraction of sp³-hybridized carbons (Fsp3) is 0.600. The number of esters is 2. The second-order valence-corrected chi connectivity index (χ2v) is 11.7. The van der Waals surface area contributed by atoms with E-state index in [1.54, 1.807) is 13.8 Å². The number of aliphatic hydroxyl groups is 1. The molecule has 1 aromatic carbocycles. The van der Waals surface area contributed by atoms with E-state index >= 15 is 0 Å². The highest BCUT2D eigenvalue weighted by Gasteiger charge is 2.26. The lowest BCUT2D eigenvalue weighted by Crippen LogP contribution is -2.25. The maximum atomic E-state index is 12.2. The summed E-state index contributed by atoms with van der Waals surface area (Å²) in [4.78, 5) is 24.3. The van der Waals surface area contributed by atoms with Gasteiger partial charge >= 0.3 is 11.9 Å². The summed E-state index contributed by atoms with van der Waals surface area (Å²) in [6.07, 6.45) is 14.1. The molecule has 0 radical (unpaired) electrons. The van der Waals surface area contributed by atoms with Crippen molar-refractivity contribution in [1.29, 1.82) is 0 Å². The van der Waals surface area contributed by atoms with Gasteiger partial charge in [0.15, 0.2) is 0 Å². The van der Waals surface area contributed by atoms with E-state index in [4.69, 9.17) is 9.47 Å². The van der Waals surface area contributed by atoms with Crippen molar-refractivity contribution in [2.24, 2.45) is 0 Å². The first-order chi connectivity index (χ1) is 18.7. The number of hydrogen-bond acceptors (Lipinski definition) is 5. The first kappa shape index (κ1) is 35.4. The van der Waals surface area contributed by atoms with Crippen molar-refractivity contribution >= 4 is 11.9 Å². The Morgan fingerprint density at radius 1 is 0.725 bits per heavy atom. The minimum atomic E-state index is -0.893. The molecule has 0 unspecified atom stereocenters. The standard InChI is InChI=1S/C35H54O5/c1-11-31(36)39-33-27(7)28(8)34(40-32(37)12-2)30(29(33)9)21-23-35(10,38)22-15-20-26(6)19-14-18-25(5)17-13-16-24(3)4/h16,18,20,38H,11-15,17,19,21-23H2,1-10H3/b25-18+,26-20+/t35-/m1/s1. The summed E-state index contributed by atoms with van der Waals surface area (Å²) in [5.74, 6) is 0.425. The topological polar surface area (TPSA) is 72.8 Å². The smallest absolute Gasteiger partial charge is 0.310 e. The monoisotopic (exact) mass is 554 g/mol. The summed E-state index contributed by atoms with van der Waals surface area (Å²) in [5, 5.41) is 11.2. The van der Waals surface area contributed by atoms with E-state index in [0.717, 1.165) is 54.4 Å². The third-order valence-electron chi connectivity index (χ3n) is 7.53. The highest BCUT2D eigenvalue weighted by molar-refractivity contribution is 5.76. The molecule has 0 spiro atoms. The molecular weight excluding hydrogens is 500 g/mol. The highest BCUT2D eigenvalue weighted by Crippen LogP contribution is 2.40. The fourth-order valence-corrected chi connectivity index (χ4v) is 4.61. The van der Waals surface area contributed by atoms with Crippen LogP contribution in [0.2, 0.25) is 0 Å². The van der Waals surface area contributed by atoms with E-state index in [1.165, 1.54) is 16.7 Å². The van der Waals surface area contributed by atoms with Crippen LogP contribution in [0, 0.1) is 20.8 Å². The predicted molar refractivity (Wildman–Crippen MR) is 166 cm³/mol. The largest absolute Gasteiger partial charge is 0.426 e. The van der Waals surface area contributed by atoms with Gasteiger partial charge in [-0.3, -0.25) is 9.59 Å². The molecule has 5 nitrogen and oxygen atoms in total. The van der Waals surface area contributed by atoms with Gasteiger partial charge < -0.3 is 14.6 Å². The van der Waals surface area contributed by atoms with E-state index in [2.05, 4.69) is 45.9 Å². The van der Waals surface area contributed by atoms with Gasteiger partial charge in [-0.25, -0.2) is 0 Å². The summed E-state index contributed by atoms with van der Waals surface area (Å²) < 4.78 is 11.4. The summed E-state index contributed by atoms with van der Waals surface area (Å²) >= 11 is 0. The van der Waals surface area contributed by atoms with Crippen molar-refractivity contribution in [2.45, 2.75) is 139 Å². The van der Waals surface area contributed by atoms with Crippen LogP contribution in [0.5, 0.6) is 11.5 Å². The Morgan fingerprint density at radius 3 is 1.73 bits per heavy atom. The van der Waals surface area contributed by atoms with Gasteiger partial charge in [0.2, 0.25) is 0 Å². The maximum Gasteiger partial charge on any atom is 0.310 e. The third-order valence-corrected chi connectivity index (χ3v) is 7.53. The normalized spacial score (nSPS) is 13.6. The molecule has 0 saturated heterocycles. The Balaban J connectivity index is 2.91. The molecule has 1 N–H and O–H groups in total. The minimum absolute atomic E-state index is 0.262. The van der Waals surface area contributed by atoms with Crippen LogP contribution in [0.25, 0.3) is 0 Å². The summed E-state index contributed by atoms with van der Waals surface area (Å²) in [6.45, 7) is 19.7. The number of carbonyl (C=O) groups is 2. The first-order valence-electron chi connectivity index (χ1n) is 14.9. The lowest BCUT2D eigenvalue weighted by atomic mass is 9.88. The Hall–Kier alpha value is -2.66. The number of allylic oxidation sites excluding steroid dienone is 6. The molecule has 224 valence electrons. The molecule has 0 aliphatic heterocycles. The highest BCUT2D eigenvalue weighted by atomic mass is 16.5. The molecule has 0 heterocycles. The molecule has 0 amide bonds. The van der Waals surface area contributed by atoms with Gasteiger partial charge in [-0.1, -0.05) is 48.8 Å². The van der Waals surface area contributed by atoms with E-state index in [0.29, 0.717) is 30.8 Å². The Kier molecular flexibility index (Phi) is 15.2. The molecule has 0 aliphatic rings. The van der Waals surface area contributed by atoms with Crippen LogP contribution in [0.15, 0.2) is 34.9 Å². The van der Waals surface area contributed by atoms with E-state index in [1.807, 2.05) is 27.7 Å². The Labute approximate surface area is 243 Å². The van der Waals surface area contributed by atoms with Crippen LogP contribution in [0.4, 0.5) is 0 Å². The van der Waals surface area contributed by atoms with E-state index in [-0.39, 0.29) is 24.8 Å². The molecule has 0 saturated carbocycles. The molecule has 0 fully saturated rings. The van der Waals surface area contributed by atoms with Crippen molar-refractivity contribution in [2.75, 3.05) is 0 Å². The first-order valence-corrected chi connectivity index (χ1v) is 14.9. The van der Waals surface area contributed by atoms with Gasteiger partial charge in [0.1, 0.15) is 11.5 Å². The number of hydrogen-bond donors (Lipinski definition) is 1. The summed E-state index contributed by atoms with van der Waals surface area (Å²) in [5.41, 5.74) is 6.40. The summed E-state index contributed by atoms with van der Waals surface area (Å²) in [6, 6.07) is 0. The van der Waals surface area contributed by atoms with Gasteiger partial charge in [0.25, 0.3) is 0 Å². The molecule has 1 aromatic rings. The number of ether oxygens (including phenoxy) is 2. The fourth-order valence-electron chi connectivity index (χ4n) is 4.61. The quantitative estimate of drug-likeness (QED) is 0.125. The average molecular weight is 555 g/mol. The van der Waals surface area contributed by atoms with E-state index in [9.17, 15) is 14.7 Å². The summed E-state index contributed by atoms with van der Waals surface area (Å²) in [7, 11) is 0. The zero-order valence-corrected chi connectivity index (χ0v) is 26.9. The average Bonchev–Trinajstić information content (AvgIpc) is 2.88. The number of benzene rings is 1. The second kappa shape index (κ2) is 17.2. The zero-order chi connectivity index (χ0) is 30.5. The van der Waals surface area contributed by atoms with Gasteiger partial charge in [0, 0.05) is 18.4 Å². The number of rotatable bonds is 16. The van der Waals surface area contributed by atoms with Crippen LogP contribution < -0.4 is 9.47 Å². The van der Waals surface area contributed by atoms with Crippen molar-refractivity contribution in [3.8, 4) is 11.5 Å². The zero-order valence-electron chi connectivity index (χ0n) is 26.9. The molecule has 0 aromatic heterocycles. The van der Waals surface area contributed by atoms with Crippen LogP contribution in [0.3, 0.4) is 0 Å². The Bertz CT molecular complexity index is 1100. The molecule has 0 bridgehead atoms. The van der Waals surface area contributed by atoms with Crippen LogP contribution >= 0.6 is 0 Å². The molecule has 0 aliphatic carbocycles. The van der Waals surface area contributed by atoms with E-state index < -0.39 is 5.60 Å². The van der Waals surface area contributed by atoms with Gasteiger partial charge in [-0.2, -0.15) is 0 Å². The molecular formula is C35H54O5. The van der Waals surface area contributed by atoms with Crippen LogP contribution in [-0.2, 0) is 16.0 Å². The third kappa shape index (κ3) is 12.2. The van der Waals surface area contributed by atoms with Crippen LogP contribution in [-0.4, -0.2) is 22.6 Å².